The molecule has 0 aromatic heterocycles. The highest BCUT2D eigenvalue weighted by Gasteiger charge is 2.30. The highest BCUT2D eigenvalue weighted by molar-refractivity contribution is 7.47. The summed E-state index contributed by atoms with van der Waals surface area (Å²) in [5.41, 5.74) is 0. The normalized spacial score (nSPS) is 14.3. The summed E-state index contributed by atoms with van der Waals surface area (Å²) in [7, 11) is 1.45. The minimum atomic E-state index is -4.46. The summed E-state index contributed by atoms with van der Waals surface area (Å²) < 4.78 is 30.6. The average Bonchev–Trinajstić information content (AvgIpc) is 3.35. The molecule has 10 heteroatoms. The molecule has 0 aromatic rings. The molecule has 0 aliphatic rings. The van der Waals surface area contributed by atoms with Crippen LogP contribution in [0.5, 0.6) is 0 Å². The van der Waals surface area contributed by atoms with Crippen LogP contribution in [0.15, 0.2) is 85.1 Å². The van der Waals surface area contributed by atoms with Crippen molar-refractivity contribution >= 4 is 19.7 Å². The minimum absolute atomic E-state index is 0.0262. The molecule has 9 nitrogen and oxygen atoms in total. The van der Waals surface area contributed by atoms with Crippen molar-refractivity contribution in [1.29, 1.82) is 0 Å². The lowest BCUT2D eigenvalue weighted by atomic mass is 10.1. The highest BCUT2D eigenvalue weighted by Crippen LogP contribution is 2.43. The van der Waals surface area contributed by atoms with Gasteiger partial charge in [-0.3, -0.25) is 18.6 Å². The molecule has 1 amide bonds. The number of likely N-dealkylation sites (N-methyl/N-ethyl adjacent to an activating group) is 1. The predicted molar refractivity (Wildman–Crippen MR) is 314 cm³/mol. The first-order chi connectivity index (χ1) is 35.4. The van der Waals surface area contributed by atoms with Gasteiger partial charge in [-0.1, -0.05) is 222 Å². The number of hydrogen-bond acceptors (Lipinski definition) is 6. The number of quaternary nitrogens is 1. The molecule has 0 saturated heterocycles. The van der Waals surface area contributed by atoms with Crippen molar-refractivity contribution in [2.24, 2.45) is 0 Å². The number of unbranched alkanes of at least 4 members (excludes halogenated alkanes) is 25. The Balaban J connectivity index is 5.35. The molecule has 0 rings (SSSR count). The molecule has 73 heavy (non-hydrogen) atoms. The number of nitrogens with zero attached hydrogens (tertiary/aromatic N) is 1. The Labute approximate surface area is 450 Å². The van der Waals surface area contributed by atoms with Gasteiger partial charge in [0.2, 0.25) is 5.91 Å². The lowest BCUT2D eigenvalue weighted by Crippen LogP contribution is -2.47. The smallest absolute Gasteiger partial charge is 0.456 e. The fourth-order valence-electron chi connectivity index (χ4n) is 8.14. The van der Waals surface area contributed by atoms with Gasteiger partial charge in [0.15, 0.2) is 0 Å². The summed E-state index contributed by atoms with van der Waals surface area (Å²) in [6.07, 6.45) is 68.7. The van der Waals surface area contributed by atoms with Crippen molar-refractivity contribution in [2.75, 3.05) is 40.9 Å². The minimum Gasteiger partial charge on any atom is -0.456 e. The lowest BCUT2D eigenvalue weighted by molar-refractivity contribution is -0.870. The van der Waals surface area contributed by atoms with Gasteiger partial charge in [0.25, 0.3) is 0 Å². The third-order valence-corrected chi connectivity index (χ3v) is 13.8. The van der Waals surface area contributed by atoms with Gasteiger partial charge in [-0.25, -0.2) is 4.57 Å². The predicted octanol–water partition coefficient (Wildman–Crippen LogP) is 18.2. The van der Waals surface area contributed by atoms with Crippen molar-refractivity contribution < 1.29 is 37.3 Å². The summed E-state index contributed by atoms with van der Waals surface area (Å²) in [4.78, 5) is 37.6. The molecule has 0 spiro atoms. The molecule has 3 unspecified atom stereocenters. The van der Waals surface area contributed by atoms with E-state index in [1.165, 1.54) is 128 Å². The Hall–Kier alpha value is -2.81. The van der Waals surface area contributed by atoms with Crippen LogP contribution in [0.4, 0.5) is 0 Å². The van der Waals surface area contributed by atoms with Gasteiger partial charge in [-0.15, -0.1) is 0 Å². The second-order valence-corrected chi connectivity index (χ2v) is 22.6. The van der Waals surface area contributed by atoms with Gasteiger partial charge < -0.3 is 19.4 Å². The van der Waals surface area contributed by atoms with Crippen molar-refractivity contribution in [3.8, 4) is 0 Å². The number of carbonyl (C=O) groups excluding carboxylic acids is 2. The Bertz CT molecular complexity index is 1530. The second kappa shape index (κ2) is 52.6. The molecule has 0 aliphatic carbocycles. The molecule has 0 fully saturated rings. The van der Waals surface area contributed by atoms with Crippen LogP contribution in [0.2, 0.25) is 0 Å². The number of hydrogen-bond donors (Lipinski definition) is 2. The first-order valence-corrected chi connectivity index (χ1v) is 31.4. The second-order valence-electron chi connectivity index (χ2n) is 21.2. The van der Waals surface area contributed by atoms with E-state index < -0.39 is 20.0 Å². The molecule has 3 atom stereocenters. The van der Waals surface area contributed by atoms with Crippen molar-refractivity contribution in [1.82, 2.24) is 5.32 Å². The van der Waals surface area contributed by atoms with Gasteiger partial charge in [0.05, 0.1) is 33.8 Å². The zero-order chi connectivity index (χ0) is 53.6. The number of amides is 1. The average molecular weight is 1040 g/mol. The zero-order valence-electron chi connectivity index (χ0n) is 48.1. The number of esters is 1. The summed E-state index contributed by atoms with van der Waals surface area (Å²) in [6.45, 7) is 6.90. The maximum Gasteiger partial charge on any atom is 0.472 e. The molecule has 422 valence electrons. The van der Waals surface area contributed by atoms with Crippen LogP contribution in [0.3, 0.4) is 0 Å². The molecule has 0 bridgehead atoms. The Morgan fingerprint density at radius 3 is 1.30 bits per heavy atom. The van der Waals surface area contributed by atoms with Crippen LogP contribution in [0.1, 0.15) is 252 Å². The molecule has 0 saturated carbocycles. The van der Waals surface area contributed by atoms with E-state index in [1.54, 1.807) is 0 Å². The number of phosphoric acid groups is 1. The van der Waals surface area contributed by atoms with Gasteiger partial charge in [-0.2, -0.15) is 0 Å². The van der Waals surface area contributed by atoms with E-state index in [2.05, 4.69) is 99.0 Å². The molecule has 2 N–H and O–H groups in total. The molecule has 0 aliphatic heterocycles. The number of phosphoric ester groups is 1. The maximum atomic E-state index is 13.5. The number of allylic oxidation sites excluding steroid dienone is 13. The van der Waals surface area contributed by atoms with Gasteiger partial charge in [0.1, 0.15) is 19.3 Å². The molecular formula is C63H114N2O7P+. The Morgan fingerprint density at radius 2 is 0.849 bits per heavy atom. The topological polar surface area (TPSA) is 111 Å². The highest BCUT2D eigenvalue weighted by atomic mass is 31.2. The van der Waals surface area contributed by atoms with Crippen LogP contribution in [0.25, 0.3) is 0 Å². The van der Waals surface area contributed by atoms with E-state index in [1.807, 2.05) is 33.3 Å². The van der Waals surface area contributed by atoms with Crippen LogP contribution in [0, 0.1) is 0 Å². The first-order valence-electron chi connectivity index (χ1n) is 29.9. The Kier molecular flexibility index (Phi) is 50.6. The van der Waals surface area contributed by atoms with Gasteiger partial charge >= 0.3 is 13.8 Å². The van der Waals surface area contributed by atoms with Gasteiger partial charge in [0, 0.05) is 12.8 Å². The molecule has 0 aromatic carbocycles. The van der Waals surface area contributed by atoms with E-state index in [0.717, 1.165) is 83.5 Å². The summed E-state index contributed by atoms with van der Waals surface area (Å²) in [5, 5.41) is 3.01. The summed E-state index contributed by atoms with van der Waals surface area (Å²) in [5.74, 6) is -0.578. The molecule has 0 radical (unpaired) electrons. The van der Waals surface area contributed by atoms with E-state index >= 15 is 0 Å². The van der Waals surface area contributed by atoms with Crippen LogP contribution < -0.4 is 5.32 Å². The third kappa shape index (κ3) is 53.8. The van der Waals surface area contributed by atoms with E-state index in [0.29, 0.717) is 17.4 Å². The quantitative estimate of drug-likeness (QED) is 0.0205. The van der Waals surface area contributed by atoms with Crippen molar-refractivity contribution in [2.45, 2.75) is 264 Å². The van der Waals surface area contributed by atoms with Gasteiger partial charge in [-0.05, 0) is 102 Å². The lowest BCUT2D eigenvalue weighted by Gasteiger charge is -2.27. The summed E-state index contributed by atoms with van der Waals surface area (Å²) >= 11 is 0. The summed E-state index contributed by atoms with van der Waals surface area (Å²) in [6, 6.07) is -0.881. The molecular weight excluding hydrogens is 928 g/mol. The number of nitrogens with one attached hydrogen (secondary N) is 1. The largest absolute Gasteiger partial charge is 0.472 e. The number of ether oxygens (including phenoxy) is 1. The van der Waals surface area contributed by atoms with E-state index in [-0.39, 0.29) is 37.9 Å². The van der Waals surface area contributed by atoms with Crippen molar-refractivity contribution in [3.05, 3.63) is 85.1 Å². The van der Waals surface area contributed by atoms with Crippen LogP contribution >= 0.6 is 7.82 Å². The maximum absolute atomic E-state index is 13.5. The molecule has 0 heterocycles. The monoisotopic (exact) mass is 1040 g/mol. The zero-order valence-corrected chi connectivity index (χ0v) is 49.0. The third-order valence-electron chi connectivity index (χ3n) is 12.8. The van der Waals surface area contributed by atoms with E-state index in [4.69, 9.17) is 13.8 Å². The fraction of sp³-hybridized carbons (Fsp3) is 0.746. The van der Waals surface area contributed by atoms with Crippen molar-refractivity contribution in [3.63, 3.8) is 0 Å². The Morgan fingerprint density at radius 1 is 0.479 bits per heavy atom. The van der Waals surface area contributed by atoms with Crippen LogP contribution in [-0.4, -0.2) is 74.3 Å². The SMILES string of the molecule is CCCCC/C=C\C/C=C\C/C=C\C/C=C\CCCC(=O)NC(COP(=O)(O)OCC[N+](C)(C)C)C(/C=C/CCCCCCCCCCC)OC(=O)CCCCCCCCCCC/C=C\C/C=C\CCCCC. The number of carbonyl (C=O) groups is 2. The number of rotatable bonds is 53. The fourth-order valence-corrected chi connectivity index (χ4v) is 8.87. The van der Waals surface area contributed by atoms with Crippen LogP contribution in [-0.2, 0) is 27.9 Å². The first kappa shape index (κ1) is 70.2. The standard InChI is InChI=1S/C63H113N2O7P/c1-7-10-13-16-19-22-25-27-29-31-32-34-36-38-41-44-47-50-53-56-63(67)72-61(54-51-48-45-42-39-24-21-18-15-12-9-3)60(59-71-73(68,69)70-58-57-65(4,5)6)64-62(66)55-52-49-46-43-40-37-35-33-30-28-26-23-20-17-14-11-8-2/h19-20,22-23,27-30,35,37,43,46,51,54,60-61H,7-18,21,24-26,31-34,36,38-42,44-45,47-50,52-53,55-59H2,1-6H3,(H-,64,66,68,69)/p+1/b22-19-,23-20-,29-27-,30-28-,37-35-,46-43-,54-51+. The van der Waals surface area contributed by atoms with E-state index in [9.17, 15) is 19.0 Å².